The smallest absolute Gasteiger partial charge is 0.317 e. The molecule has 4 rings (SSSR count). The fourth-order valence-corrected chi connectivity index (χ4v) is 4.10. The Hall–Kier alpha value is -2.69. The minimum Gasteiger partial charge on any atom is -0.508 e. The van der Waals surface area contributed by atoms with Gasteiger partial charge in [-0.05, 0) is 42.4 Å². The number of urea groups is 1. The van der Waals surface area contributed by atoms with E-state index in [4.69, 9.17) is 0 Å². The quantitative estimate of drug-likeness (QED) is 0.873. The number of rotatable bonds is 4. The van der Waals surface area contributed by atoms with E-state index in [1.807, 2.05) is 17.0 Å². The number of carbonyl (C=O) groups excluding carboxylic acids is 1. The van der Waals surface area contributed by atoms with Crippen molar-refractivity contribution in [2.45, 2.75) is 18.8 Å². The molecule has 1 saturated heterocycles. The van der Waals surface area contributed by atoms with Gasteiger partial charge in [-0.2, -0.15) is 0 Å². The minimum atomic E-state index is 0.0497. The molecular weight excluding hydrogens is 338 g/mol. The summed E-state index contributed by atoms with van der Waals surface area (Å²) in [6.45, 7) is 3.76. The van der Waals surface area contributed by atoms with E-state index in [2.05, 4.69) is 40.5 Å². The Morgan fingerprint density at radius 2 is 1.74 bits per heavy atom. The number of hydrogen-bond donors (Lipinski definition) is 2. The van der Waals surface area contributed by atoms with Crippen molar-refractivity contribution in [2.24, 2.45) is 5.92 Å². The monoisotopic (exact) mass is 365 g/mol. The summed E-state index contributed by atoms with van der Waals surface area (Å²) < 4.78 is 0. The van der Waals surface area contributed by atoms with Crippen molar-refractivity contribution in [2.75, 3.05) is 37.6 Å². The molecule has 1 aliphatic heterocycles. The lowest BCUT2D eigenvalue weighted by Gasteiger charge is -2.38. The number of phenolic OH excluding ortho intramolecular Hbond substituents is 1. The second-order valence-corrected chi connectivity index (χ2v) is 7.63. The zero-order valence-corrected chi connectivity index (χ0v) is 15.6. The van der Waals surface area contributed by atoms with Gasteiger partial charge in [0, 0.05) is 44.5 Å². The van der Waals surface area contributed by atoms with Crippen molar-refractivity contribution in [1.82, 2.24) is 10.2 Å². The van der Waals surface area contributed by atoms with E-state index < -0.39 is 0 Å². The van der Waals surface area contributed by atoms with E-state index >= 15 is 0 Å². The first-order valence-electron chi connectivity index (χ1n) is 9.81. The molecule has 0 atom stereocenters. The Kier molecular flexibility index (Phi) is 5.19. The third kappa shape index (κ3) is 4.18. The summed E-state index contributed by atoms with van der Waals surface area (Å²) in [7, 11) is 0. The van der Waals surface area contributed by atoms with Crippen LogP contribution in [0.3, 0.4) is 0 Å². The van der Waals surface area contributed by atoms with E-state index in [9.17, 15) is 9.90 Å². The molecule has 1 saturated carbocycles. The van der Waals surface area contributed by atoms with Gasteiger partial charge in [0.05, 0.1) is 0 Å². The number of carbonyl (C=O) groups is 1. The molecule has 2 aromatic carbocycles. The molecule has 2 amide bonds. The van der Waals surface area contributed by atoms with Crippen molar-refractivity contribution < 1.29 is 9.90 Å². The molecule has 1 aliphatic carbocycles. The average Bonchev–Trinajstić information content (AvgIpc) is 2.67. The molecule has 0 radical (unpaired) electrons. The van der Waals surface area contributed by atoms with Gasteiger partial charge in [-0.25, -0.2) is 4.79 Å². The molecule has 0 spiro atoms. The Balaban J connectivity index is 1.18. The maximum Gasteiger partial charge on any atom is 0.317 e. The van der Waals surface area contributed by atoms with Crippen LogP contribution in [0.4, 0.5) is 10.5 Å². The molecular formula is C22H27N3O2. The van der Waals surface area contributed by atoms with Crippen LogP contribution < -0.4 is 10.2 Å². The summed E-state index contributed by atoms with van der Waals surface area (Å²) in [5, 5.41) is 12.7. The topological polar surface area (TPSA) is 55.8 Å². The van der Waals surface area contributed by atoms with Crippen molar-refractivity contribution in [1.29, 1.82) is 0 Å². The van der Waals surface area contributed by atoms with Crippen LogP contribution in [0.15, 0.2) is 54.6 Å². The molecule has 0 unspecified atom stereocenters. The van der Waals surface area contributed by atoms with Gasteiger partial charge < -0.3 is 20.2 Å². The molecule has 1 heterocycles. The van der Waals surface area contributed by atoms with Crippen LogP contribution in [-0.4, -0.2) is 48.8 Å². The number of amides is 2. The number of aromatic hydroxyl groups is 1. The zero-order valence-electron chi connectivity index (χ0n) is 15.6. The molecule has 2 aromatic rings. The second-order valence-electron chi connectivity index (χ2n) is 7.63. The van der Waals surface area contributed by atoms with E-state index in [-0.39, 0.29) is 11.8 Å². The lowest BCUT2D eigenvalue weighted by Crippen LogP contribution is -2.52. The highest BCUT2D eigenvalue weighted by molar-refractivity contribution is 5.74. The zero-order chi connectivity index (χ0) is 18.6. The molecule has 2 N–H and O–H groups in total. The molecule has 27 heavy (non-hydrogen) atoms. The van der Waals surface area contributed by atoms with Gasteiger partial charge in [0.25, 0.3) is 0 Å². The number of hydrogen-bond acceptors (Lipinski definition) is 3. The van der Waals surface area contributed by atoms with Crippen molar-refractivity contribution in [3.63, 3.8) is 0 Å². The molecule has 142 valence electrons. The van der Waals surface area contributed by atoms with Gasteiger partial charge >= 0.3 is 6.03 Å². The molecule has 2 fully saturated rings. The van der Waals surface area contributed by atoms with Crippen LogP contribution in [0, 0.1) is 5.92 Å². The highest BCUT2D eigenvalue weighted by Gasteiger charge is 2.31. The van der Waals surface area contributed by atoms with Gasteiger partial charge in [-0.1, -0.05) is 36.4 Å². The van der Waals surface area contributed by atoms with Crippen LogP contribution in [-0.2, 0) is 0 Å². The fourth-order valence-electron chi connectivity index (χ4n) is 4.10. The third-order valence-electron chi connectivity index (χ3n) is 5.81. The van der Waals surface area contributed by atoms with Crippen LogP contribution in [0.25, 0.3) is 0 Å². The second kappa shape index (κ2) is 7.91. The van der Waals surface area contributed by atoms with E-state index in [1.54, 1.807) is 12.1 Å². The van der Waals surface area contributed by atoms with Crippen LogP contribution in [0.1, 0.15) is 24.3 Å². The number of phenols is 1. The largest absolute Gasteiger partial charge is 0.508 e. The average molecular weight is 365 g/mol. The Labute approximate surface area is 160 Å². The summed E-state index contributed by atoms with van der Waals surface area (Å²) in [5.41, 5.74) is 2.43. The highest BCUT2D eigenvalue weighted by Crippen LogP contribution is 2.41. The minimum absolute atomic E-state index is 0.0497. The molecule has 5 nitrogen and oxygen atoms in total. The predicted molar refractivity (Wildman–Crippen MR) is 107 cm³/mol. The summed E-state index contributed by atoms with van der Waals surface area (Å²) in [6.07, 6.45) is 2.32. The number of nitrogens with one attached hydrogen (secondary N) is 1. The third-order valence-corrected chi connectivity index (χ3v) is 5.81. The summed E-state index contributed by atoms with van der Waals surface area (Å²) in [6, 6.07) is 18.0. The lowest BCUT2D eigenvalue weighted by atomic mass is 9.71. The SMILES string of the molecule is O=C(NCC1CC(c2ccccc2)C1)N1CCN(c2cccc(O)c2)CC1. The predicted octanol–water partition coefficient (Wildman–Crippen LogP) is 3.42. The molecule has 0 aromatic heterocycles. The highest BCUT2D eigenvalue weighted by atomic mass is 16.3. The fraction of sp³-hybridized carbons (Fsp3) is 0.409. The van der Waals surface area contributed by atoms with Gasteiger partial charge in [-0.15, -0.1) is 0 Å². The first kappa shape index (κ1) is 17.7. The van der Waals surface area contributed by atoms with Crippen molar-refractivity contribution in [3.8, 4) is 5.75 Å². The lowest BCUT2D eigenvalue weighted by molar-refractivity contribution is 0.185. The van der Waals surface area contributed by atoms with E-state index in [0.29, 0.717) is 24.9 Å². The molecule has 0 bridgehead atoms. The summed E-state index contributed by atoms with van der Waals surface area (Å²) in [4.78, 5) is 16.6. The number of anilines is 1. The maximum atomic E-state index is 12.4. The maximum absolute atomic E-state index is 12.4. The van der Waals surface area contributed by atoms with Crippen molar-refractivity contribution >= 4 is 11.7 Å². The van der Waals surface area contributed by atoms with Crippen LogP contribution >= 0.6 is 0 Å². The van der Waals surface area contributed by atoms with Gasteiger partial charge in [0.15, 0.2) is 0 Å². The normalized spacial score (nSPS) is 22.2. The first-order chi connectivity index (χ1) is 13.2. The van der Waals surface area contributed by atoms with Gasteiger partial charge in [-0.3, -0.25) is 0 Å². The number of piperazine rings is 1. The van der Waals surface area contributed by atoms with Gasteiger partial charge in [0.1, 0.15) is 5.75 Å². The van der Waals surface area contributed by atoms with Crippen LogP contribution in [0.2, 0.25) is 0 Å². The summed E-state index contributed by atoms with van der Waals surface area (Å²) >= 11 is 0. The van der Waals surface area contributed by atoms with Crippen molar-refractivity contribution in [3.05, 3.63) is 60.2 Å². The van der Waals surface area contributed by atoms with E-state index in [1.165, 1.54) is 5.56 Å². The summed E-state index contributed by atoms with van der Waals surface area (Å²) in [5.74, 6) is 1.52. The molecule has 2 aliphatic rings. The Bertz CT molecular complexity index is 766. The number of nitrogens with zero attached hydrogens (tertiary/aromatic N) is 2. The van der Waals surface area contributed by atoms with E-state index in [0.717, 1.165) is 38.2 Å². The standard InChI is InChI=1S/C22H27N3O2/c26-21-8-4-7-20(15-21)24-9-11-25(12-10-24)22(27)23-16-17-13-19(14-17)18-5-2-1-3-6-18/h1-8,15,17,19,26H,9-14,16H2,(H,23,27). The Morgan fingerprint density at radius 3 is 2.44 bits per heavy atom. The first-order valence-corrected chi connectivity index (χ1v) is 9.81. The molecule has 5 heteroatoms. The van der Waals surface area contributed by atoms with Gasteiger partial charge in [0.2, 0.25) is 0 Å². The number of benzene rings is 2. The Morgan fingerprint density at radius 1 is 1.00 bits per heavy atom. The van der Waals surface area contributed by atoms with Crippen LogP contribution in [0.5, 0.6) is 5.75 Å².